The smallest absolute Gasteiger partial charge is 0.259 e. The highest BCUT2D eigenvalue weighted by molar-refractivity contribution is 6.05. The third-order valence-corrected chi connectivity index (χ3v) is 3.81. The Balaban J connectivity index is 1.90. The number of carbonyl (C=O) groups is 1. The van der Waals surface area contributed by atoms with Gasteiger partial charge >= 0.3 is 0 Å². The zero-order chi connectivity index (χ0) is 18.4. The van der Waals surface area contributed by atoms with E-state index in [-0.39, 0.29) is 18.3 Å². The number of hydrogen-bond donors (Lipinski definition) is 0. The Kier molecular flexibility index (Phi) is 5.59. The van der Waals surface area contributed by atoms with E-state index in [4.69, 9.17) is 4.74 Å². The highest BCUT2D eigenvalue weighted by Gasteiger charge is 2.19. The highest BCUT2D eigenvalue weighted by Crippen LogP contribution is 2.20. The second kappa shape index (κ2) is 8.25. The van der Waals surface area contributed by atoms with Crippen molar-refractivity contribution >= 4 is 11.7 Å². The van der Waals surface area contributed by atoms with Gasteiger partial charge in [-0.1, -0.05) is 18.2 Å². The van der Waals surface area contributed by atoms with E-state index < -0.39 is 0 Å². The van der Waals surface area contributed by atoms with Crippen LogP contribution < -0.4 is 9.64 Å². The topological polar surface area (TPSA) is 42.4 Å². The van der Waals surface area contributed by atoms with Gasteiger partial charge in [0.05, 0.1) is 13.2 Å². The first-order valence-electron chi connectivity index (χ1n) is 8.37. The molecule has 0 saturated heterocycles. The van der Waals surface area contributed by atoms with E-state index >= 15 is 0 Å². The van der Waals surface area contributed by atoms with E-state index in [1.54, 1.807) is 54.7 Å². The van der Waals surface area contributed by atoms with Crippen molar-refractivity contribution in [2.75, 3.05) is 11.5 Å². The van der Waals surface area contributed by atoms with Gasteiger partial charge in [0.15, 0.2) is 0 Å². The van der Waals surface area contributed by atoms with Crippen molar-refractivity contribution in [2.24, 2.45) is 0 Å². The standard InChI is InChI=1S/C21H19FN2O2/c1-2-26-19-11-9-17(10-12-19)21(25)24(20-8-3-4-13-23-20)15-16-6-5-7-18(22)14-16/h3-14H,2,15H2,1H3. The normalized spacial score (nSPS) is 10.4. The molecule has 132 valence electrons. The fourth-order valence-corrected chi connectivity index (χ4v) is 2.60. The molecule has 0 aliphatic carbocycles. The predicted octanol–water partition coefficient (Wildman–Crippen LogP) is 4.47. The number of carbonyl (C=O) groups excluding carboxylic acids is 1. The predicted molar refractivity (Wildman–Crippen MR) is 98.8 cm³/mol. The summed E-state index contributed by atoms with van der Waals surface area (Å²) in [5, 5.41) is 0. The Morgan fingerprint density at radius 3 is 2.54 bits per heavy atom. The molecule has 0 N–H and O–H groups in total. The Bertz CT molecular complexity index is 867. The Hall–Kier alpha value is -3.21. The summed E-state index contributed by atoms with van der Waals surface area (Å²) >= 11 is 0. The zero-order valence-corrected chi connectivity index (χ0v) is 14.4. The number of benzene rings is 2. The molecule has 0 saturated carbocycles. The number of hydrogen-bond acceptors (Lipinski definition) is 3. The number of aromatic nitrogens is 1. The van der Waals surface area contributed by atoms with Gasteiger partial charge in [0.2, 0.25) is 0 Å². The van der Waals surface area contributed by atoms with Crippen molar-refractivity contribution in [3.63, 3.8) is 0 Å². The number of nitrogens with zero attached hydrogens (tertiary/aromatic N) is 2. The molecule has 3 rings (SSSR count). The van der Waals surface area contributed by atoms with Crippen LogP contribution in [0.2, 0.25) is 0 Å². The summed E-state index contributed by atoms with van der Waals surface area (Å²) < 4.78 is 18.9. The maximum absolute atomic E-state index is 13.5. The number of ether oxygens (including phenoxy) is 1. The molecular formula is C21H19FN2O2. The highest BCUT2D eigenvalue weighted by atomic mass is 19.1. The molecule has 1 aromatic heterocycles. The summed E-state index contributed by atoms with van der Waals surface area (Å²) in [7, 11) is 0. The fourth-order valence-electron chi connectivity index (χ4n) is 2.60. The summed E-state index contributed by atoms with van der Waals surface area (Å²) in [5.41, 5.74) is 1.20. The van der Waals surface area contributed by atoms with Gasteiger partial charge in [-0.2, -0.15) is 0 Å². The van der Waals surface area contributed by atoms with Crippen molar-refractivity contribution in [3.05, 3.63) is 89.9 Å². The molecule has 5 heteroatoms. The number of halogens is 1. The van der Waals surface area contributed by atoms with Crippen molar-refractivity contribution < 1.29 is 13.9 Å². The van der Waals surface area contributed by atoms with Crippen LogP contribution in [-0.2, 0) is 6.54 Å². The van der Waals surface area contributed by atoms with Crippen LogP contribution in [0.25, 0.3) is 0 Å². The van der Waals surface area contributed by atoms with Gasteiger partial charge in [0.1, 0.15) is 17.4 Å². The second-order valence-corrected chi connectivity index (χ2v) is 5.67. The van der Waals surface area contributed by atoms with Crippen molar-refractivity contribution in [2.45, 2.75) is 13.5 Å². The summed E-state index contributed by atoms with van der Waals surface area (Å²) in [6.45, 7) is 2.69. The van der Waals surface area contributed by atoms with Gasteiger partial charge in [-0.15, -0.1) is 0 Å². The Morgan fingerprint density at radius 2 is 1.88 bits per heavy atom. The molecule has 4 nitrogen and oxygen atoms in total. The van der Waals surface area contributed by atoms with Gasteiger partial charge in [0, 0.05) is 11.8 Å². The first-order chi connectivity index (χ1) is 12.7. The van der Waals surface area contributed by atoms with E-state index in [2.05, 4.69) is 4.98 Å². The molecule has 0 fully saturated rings. The second-order valence-electron chi connectivity index (χ2n) is 5.67. The van der Waals surface area contributed by atoms with E-state index in [9.17, 15) is 9.18 Å². The average Bonchev–Trinajstić information content (AvgIpc) is 2.67. The van der Waals surface area contributed by atoms with Crippen LogP contribution in [0.15, 0.2) is 72.9 Å². The first-order valence-corrected chi connectivity index (χ1v) is 8.37. The SMILES string of the molecule is CCOc1ccc(C(=O)N(Cc2cccc(F)c2)c2ccccn2)cc1. The molecule has 0 aliphatic heterocycles. The average molecular weight is 350 g/mol. The molecular weight excluding hydrogens is 331 g/mol. The molecule has 1 amide bonds. The van der Waals surface area contributed by atoms with E-state index in [1.165, 1.54) is 17.0 Å². The minimum Gasteiger partial charge on any atom is -0.494 e. The van der Waals surface area contributed by atoms with Crippen molar-refractivity contribution in [1.29, 1.82) is 0 Å². The van der Waals surface area contributed by atoms with Crippen LogP contribution in [-0.4, -0.2) is 17.5 Å². The number of anilines is 1. The molecule has 0 unspecified atom stereocenters. The molecule has 0 atom stereocenters. The van der Waals surface area contributed by atoms with Gasteiger partial charge in [-0.25, -0.2) is 9.37 Å². The molecule has 0 spiro atoms. The minimum absolute atomic E-state index is 0.212. The summed E-state index contributed by atoms with van der Waals surface area (Å²) in [4.78, 5) is 18.9. The monoisotopic (exact) mass is 350 g/mol. The summed E-state index contributed by atoms with van der Waals surface area (Å²) in [6, 6.07) is 18.5. The van der Waals surface area contributed by atoms with Gasteiger partial charge in [-0.05, 0) is 61.0 Å². The molecule has 2 aromatic carbocycles. The lowest BCUT2D eigenvalue weighted by molar-refractivity contribution is 0.0984. The lowest BCUT2D eigenvalue weighted by Gasteiger charge is -2.22. The Labute approximate surface area is 151 Å². The van der Waals surface area contributed by atoms with E-state index in [0.717, 1.165) is 0 Å². The zero-order valence-electron chi connectivity index (χ0n) is 14.4. The largest absolute Gasteiger partial charge is 0.494 e. The third-order valence-electron chi connectivity index (χ3n) is 3.81. The fraction of sp³-hybridized carbons (Fsp3) is 0.143. The maximum atomic E-state index is 13.5. The lowest BCUT2D eigenvalue weighted by atomic mass is 10.1. The minimum atomic E-state index is -0.336. The van der Waals surface area contributed by atoms with Crippen LogP contribution in [0.5, 0.6) is 5.75 Å². The third kappa shape index (κ3) is 4.25. The van der Waals surface area contributed by atoms with Gasteiger partial charge in [-0.3, -0.25) is 9.69 Å². The van der Waals surface area contributed by atoms with Crippen LogP contribution in [0, 0.1) is 5.82 Å². The van der Waals surface area contributed by atoms with E-state index in [0.29, 0.717) is 29.3 Å². The summed E-state index contributed by atoms with van der Waals surface area (Å²) in [5.74, 6) is 0.669. The maximum Gasteiger partial charge on any atom is 0.259 e. The number of rotatable bonds is 6. The number of pyridine rings is 1. The molecule has 3 aromatic rings. The van der Waals surface area contributed by atoms with Crippen LogP contribution in [0.1, 0.15) is 22.8 Å². The van der Waals surface area contributed by atoms with Crippen molar-refractivity contribution in [1.82, 2.24) is 4.98 Å². The molecule has 26 heavy (non-hydrogen) atoms. The van der Waals surface area contributed by atoms with Gasteiger partial charge < -0.3 is 4.74 Å². The lowest BCUT2D eigenvalue weighted by Crippen LogP contribution is -2.31. The molecule has 0 aliphatic rings. The van der Waals surface area contributed by atoms with Gasteiger partial charge in [0.25, 0.3) is 5.91 Å². The first kappa shape index (κ1) is 17.6. The molecule has 0 bridgehead atoms. The van der Waals surface area contributed by atoms with Crippen LogP contribution in [0.4, 0.5) is 10.2 Å². The number of amides is 1. The Morgan fingerprint density at radius 1 is 1.08 bits per heavy atom. The quantitative estimate of drug-likeness (QED) is 0.659. The molecule has 1 heterocycles. The van der Waals surface area contributed by atoms with Crippen LogP contribution >= 0.6 is 0 Å². The van der Waals surface area contributed by atoms with Crippen molar-refractivity contribution in [3.8, 4) is 5.75 Å². The molecule has 0 radical (unpaired) electrons. The summed E-state index contributed by atoms with van der Waals surface area (Å²) in [6.07, 6.45) is 1.62. The van der Waals surface area contributed by atoms with E-state index in [1.807, 2.05) is 13.0 Å². The van der Waals surface area contributed by atoms with Crippen LogP contribution in [0.3, 0.4) is 0 Å².